The normalized spacial score (nSPS) is 14.9. The summed E-state index contributed by atoms with van der Waals surface area (Å²) in [7, 11) is 0. The van der Waals surface area contributed by atoms with Gasteiger partial charge < -0.3 is 5.11 Å². The van der Waals surface area contributed by atoms with Gasteiger partial charge in [-0.3, -0.25) is 9.36 Å². The molecule has 0 radical (unpaired) electrons. The molecule has 1 atom stereocenters. The summed E-state index contributed by atoms with van der Waals surface area (Å²) >= 11 is 6.78. The van der Waals surface area contributed by atoms with Crippen LogP contribution in [0.2, 0.25) is 0 Å². The number of aryl methyl sites for hydroxylation is 2. The lowest BCUT2D eigenvalue weighted by atomic mass is 9.91. The summed E-state index contributed by atoms with van der Waals surface area (Å²) in [6, 6.07) is 20.7. The standard InChI is InChI=1S/C32H18N4O2S4/c1-13-3-9-21(39-13)23-11-19-31(41-23)35-27(33-19)15-5-8-18-26-16(6-7-17(25(15)26)29(35)37)28-34-20-12-24(22-10-4-14(2)40-22)42-32(20)36(28)30(18)38/h3-12,29,37H,1-2H3. The Labute approximate surface area is 253 Å². The molecule has 0 fully saturated rings. The quantitative estimate of drug-likeness (QED) is 0.210. The van der Waals surface area contributed by atoms with Crippen molar-refractivity contribution in [2.24, 2.45) is 0 Å². The van der Waals surface area contributed by atoms with Crippen molar-refractivity contribution in [2.75, 3.05) is 0 Å². The van der Waals surface area contributed by atoms with Gasteiger partial charge in [-0.25, -0.2) is 14.4 Å². The van der Waals surface area contributed by atoms with E-state index in [1.807, 2.05) is 28.8 Å². The Morgan fingerprint density at radius 2 is 1.38 bits per heavy atom. The summed E-state index contributed by atoms with van der Waals surface area (Å²) in [4.78, 5) is 33.1. The number of benzene rings is 2. The smallest absolute Gasteiger partial charge is 0.265 e. The van der Waals surface area contributed by atoms with Crippen LogP contribution in [0.15, 0.2) is 65.5 Å². The number of aliphatic hydroxyl groups excluding tert-OH is 1. The number of aromatic nitrogens is 4. The van der Waals surface area contributed by atoms with Crippen LogP contribution in [-0.2, 0) is 0 Å². The second-order valence-electron chi connectivity index (χ2n) is 10.8. The number of hydrogen-bond donors (Lipinski definition) is 1. The topological polar surface area (TPSA) is 72.4 Å². The van der Waals surface area contributed by atoms with Gasteiger partial charge in [0.05, 0.1) is 0 Å². The fourth-order valence-corrected chi connectivity index (χ4v) is 10.6. The van der Waals surface area contributed by atoms with Gasteiger partial charge in [0.15, 0.2) is 6.23 Å². The number of nitrogens with zero attached hydrogens (tertiary/aromatic N) is 4. The predicted octanol–water partition coefficient (Wildman–Crippen LogP) is 8.66. The number of fused-ring (bicyclic) bond motifs is 8. The lowest BCUT2D eigenvalue weighted by molar-refractivity contribution is 0.153. The van der Waals surface area contributed by atoms with Gasteiger partial charge in [-0.05, 0) is 62.4 Å². The third-order valence-electron chi connectivity index (χ3n) is 8.30. The van der Waals surface area contributed by atoms with Gasteiger partial charge in [0, 0.05) is 61.9 Å². The first-order valence-electron chi connectivity index (χ1n) is 13.5. The summed E-state index contributed by atoms with van der Waals surface area (Å²) in [5, 5.41) is 15.1. The van der Waals surface area contributed by atoms with Crippen molar-refractivity contribution in [3.05, 3.63) is 86.3 Å². The molecule has 10 rings (SSSR count). The van der Waals surface area contributed by atoms with Crippen molar-refractivity contribution >= 4 is 93.2 Å². The molecule has 10 heteroatoms. The van der Waals surface area contributed by atoms with Crippen molar-refractivity contribution in [1.29, 1.82) is 0 Å². The van der Waals surface area contributed by atoms with E-state index in [0.717, 1.165) is 63.6 Å². The van der Waals surface area contributed by atoms with E-state index in [-0.39, 0.29) is 5.56 Å². The SMILES string of the molecule is Cc1ccc(-c2cc3nc4n(c3s2)C(O)c2ccc3c5c2c-4ccc5c(=O)n2c3nc3cc(-c4ccc(C)s4)sc32)s1. The molecule has 0 aliphatic carbocycles. The van der Waals surface area contributed by atoms with E-state index in [4.69, 9.17) is 9.97 Å². The lowest BCUT2D eigenvalue weighted by Crippen LogP contribution is -2.18. The molecule has 0 bridgehead atoms. The lowest BCUT2D eigenvalue weighted by Gasteiger charge is -2.25. The largest absolute Gasteiger partial charge is 0.369 e. The summed E-state index contributed by atoms with van der Waals surface area (Å²) in [6.45, 7) is 4.21. The molecule has 42 heavy (non-hydrogen) atoms. The van der Waals surface area contributed by atoms with Gasteiger partial charge >= 0.3 is 0 Å². The molecular formula is C32H18N4O2S4. The van der Waals surface area contributed by atoms with Crippen molar-refractivity contribution in [2.45, 2.75) is 20.1 Å². The zero-order valence-corrected chi connectivity index (χ0v) is 25.4. The van der Waals surface area contributed by atoms with Crippen molar-refractivity contribution in [1.82, 2.24) is 18.9 Å². The van der Waals surface area contributed by atoms with Gasteiger partial charge in [0.25, 0.3) is 5.56 Å². The van der Waals surface area contributed by atoms with E-state index < -0.39 is 6.23 Å². The number of pyridine rings is 1. The Kier molecular flexibility index (Phi) is 4.45. The van der Waals surface area contributed by atoms with E-state index in [9.17, 15) is 9.90 Å². The van der Waals surface area contributed by atoms with E-state index in [1.165, 1.54) is 19.5 Å². The Morgan fingerprint density at radius 1 is 0.714 bits per heavy atom. The maximum Gasteiger partial charge on any atom is 0.265 e. The van der Waals surface area contributed by atoms with Gasteiger partial charge in [-0.2, -0.15) is 0 Å². The molecule has 1 aliphatic rings. The van der Waals surface area contributed by atoms with Gasteiger partial charge in [0.1, 0.15) is 32.2 Å². The maximum atomic E-state index is 14.1. The average molecular weight is 619 g/mol. The molecule has 1 aliphatic heterocycles. The molecule has 0 spiro atoms. The van der Waals surface area contributed by atoms with Crippen LogP contribution >= 0.6 is 45.3 Å². The summed E-state index contributed by atoms with van der Waals surface area (Å²) in [6.07, 6.45) is -0.907. The minimum Gasteiger partial charge on any atom is -0.369 e. The van der Waals surface area contributed by atoms with Gasteiger partial charge in [0.2, 0.25) is 0 Å². The highest BCUT2D eigenvalue weighted by Crippen LogP contribution is 2.48. The molecule has 7 aromatic heterocycles. The summed E-state index contributed by atoms with van der Waals surface area (Å²) in [5.74, 6) is 0.729. The van der Waals surface area contributed by atoms with Crippen molar-refractivity contribution in [3.8, 4) is 30.9 Å². The van der Waals surface area contributed by atoms with Crippen LogP contribution in [0.1, 0.15) is 21.5 Å². The molecule has 0 saturated heterocycles. The fraction of sp³-hybridized carbons (Fsp3) is 0.0938. The average Bonchev–Trinajstić information content (AvgIpc) is 3.80. The molecule has 1 N–H and O–H groups in total. The van der Waals surface area contributed by atoms with E-state index in [2.05, 4.69) is 50.2 Å². The first kappa shape index (κ1) is 23.6. The van der Waals surface area contributed by atoms with Crippen LogP contribution in [0.4, 0.5) is 0 Å². The highest BCUT2D eigenvalue weighted by atomic mass is 32.1. The number of thiophene rings is 4. The molecule has 202 valence electrons. The Morgan fingerprint density at radius 3 is 2.07 bits per heavy atom. The van der Waals surface area contributed by atoms with Crippen LogP contribution in [-0.4, -0.2) is 24.0 Å². The second-order valence-corrected chi connectivity index (χ2v) is 15.4. The van der Waals surface area contributed by atoms with E-state index in [1.54, 1.807) is 49.7 Å². The Bertz CT molecular complexity index is 2660. The first-order valence-corrected chi connectivity index (χ1v) is 16.7. The summed E-state index contributed by atoms with van der Waals surface area (Å²) < 4.78 is 3.71. The molecule has 1 unspecified atom stereocenters. The van der Waals surface area contributed by atoms with Gasteiger partial charge in [-0.15, -0.1) is 45.3 Å². The monoisotopic (exact) mass is 618 g/mol. The zero-order chi connectivity index (χ0) is 28.0. The maximum absolute atomic E-state index is 14.1. The molecule has 8 heterocycles. The van der Waals surface area contributed by atoms with E-state index >= 15 is 0 Å². The number of aliphatic hydroxyl groups is 1. The number of rotatable bonds is 2. The summed E-state index contributed by atoms with van der Waals surface area (Å²) in [5.41, 5.74) is 3.98. The van der Waals surface area contributed by atoms with E-state index in [0.29, 0.717) is 11.0 Å². The van der Waals surface area contributed by atoms with Crippen LogP contribution in [0.3, 0.4) is 0 Å². The minimum absolute atomic E-state index is 0.0836. The highest BCUT2D eigenvalue weighted by Gasteiger charge is 2.32. The van der Waals surface area contributed by atoms with Crippen LogP contribution in [0, 0.1) is 13.8 Å². The number of imidazole rings is 2. The van der Waals surface area contributed by atoms with Gasteiger partial charge in [-0.1, -0.05) is 12.1 Å². The third-order valence-corrected chi connectivity index (χ3v) is 12.9. The van der Waals surface area contributed by atoms with Crippen LogP contribution in [0.25, 0.3) is 78.8 Å². The van der Waals surface area contributed by atoms with Crippen LogP contribution < -0.4 is 5.56 Å². The second kappa shape index (κ2) is 7.91. The molecule has 0 saturated carbocycles. The Hall–Kier alpha value is -3.93. The first-order chi connectivity index (χ1) is 20.4. The predicted molar refractivity (Wildman–Crippen MR) is 176 cm³/mol. The molecule has 2 aromatic carbocycles. The molecular weight excluding hydrogens is 601 g/mol. The highest BCUT2D eigenvalue weighted by molar-refractivity contribution is 7.26. The zero-order valence-electron chi connectivity index (χ0n) is 22.1. The van der Waals surface area contributed by atoms with Crippen LogP contribution in [0.5, 0.6) is 0 Å². The Balaban J connectivity index is 1.23. The molecule has 6 nitrogen and oxygen atoms in total. The third kappa shape index (κ3) is 2.88. The molecule has 0 amide bonds. The van der Waals surface area contributed by atoms with Crippen molar-refractivity contribution in [3.63, 3.8) is 0 Å². The fourth-order valence-electron chi connectivity index (χ4n) is 6.47. The molecule has 9 aromatic rings. The van der Waals surface area contributed by atoms with Crippen molar-refractivity contribution < 1.29 is 5.11 Å². The number of hydrogen-bond acceptors (Lipinski definition) is 8. The minimum atomic E-state index is -0.907.